The Kier molecular flexibility index (Phi) is 5.35. The second-order valence-corrected chi connectivity index (χ2v) is 6.50. The van der Waals surface area contributed by atoms with Gasteiger partial charge in [-0.05, 0) is 30.5 Å². The largest absolute Gasteiger partial charge is 0.369 e. The smallest absolute Gasteiger partial charge is 0.271 e. The Hall–Kier alpha value is -3.75. The van der Waals surface area contributed by atoms with Gasteiger partial charge in [-0.2, -0.15) is 0 Å². The van der Waals surface area contributed by atoms with Gasteiger partial charge in [-0.3, -0.25) is 14.6 Å². The molecule has 0 saturated heterocycles. The fraction of sp³-hybridized carbons (Fsp3) is 0.211. The zero-order valence-electron chi connectivity index (χ0n) is 15.5. The molecule has 2 aromatic heterocycles. The summed E-state index contributed by atoms with van der Waals surface area (Å²) in [5.41, 5.74) is 11.5. The van der Waals surface area contributed by atoms with Crippen molar-refractivity contribution in [3.05, 3.63) is 48.5 Å². The fourth-order valence-electron chi connectivity index (χ4n) is 2.63. The number of anilines is 3. The Labute approximate surface area is 161 Å². The van der Waals surface area contributed by atoms with Crippen LogP contribution in [0.25, 0.3) is 10.8 Å². The molecule has 0 aliphatic heterocycles. The summed E-state index contributed by atoms with van der Waals surface area (Å²) in [7, 11) is 0. The molecule has 9 heteroatoms. The quantitative estimate of drug-likeness (QED) is 0.489. The molecule has 9 nitrogen and oxygen atoms in total. The lowest BCUT2D eigenvalue weighted by Gasteiger charge is -2.19. The van der Waals surface area contributed by atoms with Crippen LogP contribution in [0.2, 0.25) is 0 Å². The van der Waals surface area contributed by atoms with E-state index in [9.17, 15) is 9.59 Å². The molecular weight excluding hydrogens is 358 g/mol. The summed E-state index contributed by atoms with van der Waals surface area (Å²) in [5.74, 6) is -0.954. The number of nitrogens with zero attached hydrogens (tertiary/aromatic N) is 3. The summed E-state index contributed by atoms with van der Waals surface area (Å²) in [4.78, 5) is 35.7. The van der Waals surface area contributed by atoms with Gasteiger partial charge in [0.05, 0.1) is 12.1 Å². The van der Waals surface area contributed by atoms with Gasteiger partial charge >= 0.3 is 0 Å². The molecule has 0 aliphatic rings. The highest BCUT2D eigenvalue weighted by Crippen LogP contribution is 2.23. The number of pyridine rings is 1. The molecule has 2 amide bonds. The van der Waals surface area contributed by atoms with Gasteiger partial charge in [0.25, 0.3) is 5.91 Å². The van der Waals surface area contributed by atoms with Crippen LogP contribution >= 0.6 is 0 Å². The number of amides is 2. The molecule has 0 radical (unpaired) electrons. The zero-order chi connectivity index (χ0) is 20.3. The van der Waals surface area contributed by atoms with Gasteiger partial charge in [0, 0.05) is 29.5 Å². The lowest BCUT2D eigenvalue weighted by atomic mass is 10.0. The van der Waals surface area contributed by atoms with E-state index in [0.29, 0.717) is 11.5 Å². The van der Waals surface area contributed by atoms with Crippen LogP contribution < -0.4 is 22.1 Å². The minimum absolute atomic E-state index is 0.00689. The molecule has 1 aromatic carbocycles. The maximum absolute atomic E-state index is 11.7. The molecule has 2 unspecified atom stereocenters. The van der Waals surface area contributed by atoms with Crippen molar-refractivity contribution in [2.45, 2.75) is 19.9 Å². The van der Waals surface area contributed by atoms with Gasteiger partial charge < -0.3 is 22.1 Å². The number of nitrogens with two attached hydrogens (primary N) is 2. The number of hydrogen-bond acceptors (Lipinski definition) is 7. The molecule has 0 aliphatic carbocycles. The summed E-state index contributed by atoms with van der Waals surface area (Å²) in [6, 6.07) is 7.29. The molecule has 3 rings (SSSR count). The first-order chi connectivity index (χ1) is 13.3. The summed E-state index contributed by atoms with van der Waals surface area (Å²) in [6.07, 6.45) is 4.85. The second-order valence-electron chi connectivity index (χ2n) is 6.50. The van der Waals surface area contributed by atoms with Crippen LogP contribution in [0.4, 0.5) is 17.3 Å². The minimum atomic E-state index is -0.706. The molecular formula is C19H21N7O2. The second kappa shape index (κ2) is 7.87. The number of aromatic nitrogens is 3. The van der Waals surface area contributed by atoms with Crippen LogP contribution in [0.15, 0.2) is 42.9 Å². The van der Waals surface area contributed by atoms with E-state index in [1.54, 1.807) is 19.3 Å². The van der Waals surface area contributed by atoms with Crippen molar-refractivity contribution < 1.29 is 9.59 Å². The van der Waals surface area contributed by atoms with Crippen LogP contribution in [-0.4, -0.2) is 32.8 Å². The lowest BCUT2D eigenvalue weighted by molar-refractivity contribution is -0.121. The van der Waals surface area contributed by atoms with Crippen LogP contribution in [0.1, 0.15) is 24.3 Å². The van der Waals surface area contributed by atoms with E-state index in [1.165, 1.54) is 6.20 Å². The van der Waals surface area contributed by atoms with Crippen LogP contribution in [0.3, 0.4) is 0 Å². The summed E-state index contributed by atoms with van der Waals surface area (Å²) < 4.78 is 0. The van der Waals surface area contributed by atoms with Crippen molar-refractivity contribution in [2.24, 2.45) is 17.4 Å². The average Bonchev–Trinajstić information content (AvgIpc) is 2.67. The highest BCUT2D eigenvalue weighted by Gasteiger charge is 2.19. The van der Waals surface area contributed by atoms with Gasteiger partial charge in [0.1, 0.15) is 5.82 Å². The standard InChI is InChI=1S/C19H21N7O2/c1-10(17(20)27)11(2)24-15-9-23-16(18(21)28)19(26-15)25-14-4-3-12-5-6-22-8-13(12)7-14/h3-11H,1-2H3,(H2,20,27)(H2,21,28)(H2,24,25,26). The van der Waals surface area contributed by atoms with Gasteiger partial charge in [-0.1, -0.05) is 13.0 Å². The highest BCUT2D eigenvalue weighted by atomic mass is 16.1. The highest BCUT2D eigenvalue weighted by molar-refractivity contribution is 5.96. The van der Waals surface area contributed by atoms with E-state index < -0.39 is 17.7 Å². The third-order valence-electron chi connectivity index (χ3n) is 4.48. The van der Waals surface area contributed by atoms with Gasteiger partial charge in [-0.15, -0.1) is 0 Å². The topological polar surface area (TPSA) is 149 Å². The molecule has 0 spiro atoms. The number of benzene rings is 1. The minimum Gasteiger partial charge on any atom is -0.369 e. The van der Waals surface area contributed by atoms with Crippen LogP contribution in [0, 0.1) is 5.92 Å². The van der Waals surface area contributed by atoms with Gasteiger partial charge in [-0.25, -0.2) is 9.97 Å². The molecule has 2 atom stereocenters. The SMILES string of the molecule is CC(Nc1cnc(C(N)=O)c(Nc2ccc3ccncc3c2)n1)C(C)C(N)=O. The van der Waals surface area contributed by atoms with E-state index in [4.69, 9.17) is 11.5 Å². The number of rotatable bonds is 7. The van der Waals surface area contributed by atoms with Crippen molar-refractivity contribution in [3.8, 4) is 0 Å². The van der Waals surface area contributed by atoms with Gasteiger partial charge in [0.15, 0.2) is 11.5 Å². The van der Waals surface area contributed by atoms with Crippen LogP contribution in [-0.2, 0) is 4.79 Å². The predicted molar refractivity (Wildman–Crippen MR) is 107 cm³/mol. The number of nitrogens with one attached hydrogen (secondary N) is 2. The third-order valence-corrected chi connectivity index (χ3v) is 4.48. The Bertz CT molecular complexity index is 1040. The summed E-state index contributed by atoms with van der Waals surface area (Å²) >= 11 is 0. The Morgan fingerprint density at radius 3 is 2.57 bits per heavy atom. The number of fused-ring (bicyclic) bond motifs is 1. The Balaban J connectivity index is 1.90. The first-order valence-electron chi connectivity index (χ1n) is 8.68. The van der Waals surface area contributed by atoms with E-state index in [-0.39, 0.29) is 17.6 Å². The first-order valence-corrected chi connectivity index (χ1v) is 8.68. The lowest BCUT2D eigenvalue weighted by Crippen LogP contribution is -2.34. The first kappa shape index (κ1) is 19.0. The molecule has 6 N–H and O–H groups in total. The molecule has 2 heterocycles. The average molecular weight is 379 g/mol. The normalized spacial score (nSPS) is 12.9. The maximum atomic E-state index is 11.7. The van der Waals surface area contributed by atoms with Crippen molar-refractivity contribution in [1.82, 2.24) is 15.0 Å². The Morgan fingerprint density at radius 2 is 1.86 bits per heavy atom. The van der Waals surface area contributed by atoms with Crippen molar-refractivity contribution >= 4 is 39.9 Å². The number of carbonyl (C=O) groups is 2. The Morgan fingerprint density at radius 1 is 1.07 bits per heavy atom. The maximum Gasteiger partial charge on any atom is 0.271 e. The van der Waals surface area contributed by atoms with E-state index in [2.05, 4.69) is 25.6 Å². The molecule has 144 valence electrons. The predicted octanol–water partition coefficient (Wildman–Crippen LogP) is 1.79. The van der Waals surface area contributed by atoms with E-state index in [1.807, 2.05) is 31.2 Å². The third kappa shape index (κ3) is 4.14. The van der Waals surface area contributed by atoms with Crippen molar-refractivity contribution in [1.29, 1.82) is 0 Å². The van der Waals surface area contributed by atoms with Crippen LogP contribution in [0.5, 0.6) is 0 Å². The molecule has 3 aromatic rings. The van der Waals surface area contributed by atoms with Gasteiger partial charge in [0.2, 0.25) is 5.91 Å². The molecule has 0 bridgehead atoms. The van der Waals surface area contributed by atoms with E-state index >= 15 is 0 Å². The van der Waals surface area contributed by atoms with Crippen molar-refractivity contribution in [2.75, 3.05) is 10.6 Å². The number of carbonyl (C=O) groups excluding carboxylic acids is 2. The summed E-state index contributed by atoms with van der Waals surface area (Å²) in [6.45, 7) is 3.52. The molecule has 0 fully saturated rings. The zero-order valence-corrected chi connectivity index (χ0v) is 15.5. The van der Waals surface area contributed by atoms with E-state index in [0.717, 1.165) is 10.8 Å². The molecule has 0 saturated carbocycles. The monoisotopic (exact) mass is 379 g/mol. The molecule has 28 heavy (non-hydrogen) atoms. The fourth-order valence-corrected chi connectivity index (χ4v) is 2.63. The number of primary amides is 2. The van der Waals surface area contributed by atoms with Crippen molar-refractivity contribution in [3.63, 3.8) is 0 Å². The number of hydrogen-bond donors (Lipinski definition) is 4. The summed E-state index contributed by atoms with van der Waals surface area (Å²) in [5, 5.41) is 8.11.